The van der Waals surface area contributed by atoms with E-state index in [9.17, 15) is 9.59 Å². The highest BCUT2D eigenvalue weighted by molar-refractivity contribution is 7.07. The highest BCUT2D eigenvalue weighted by atomic mass is 35.5. The van der Waals surface area contributed by atoms with Gasteiger partial charge in [-0.15, -0.1) is 6.58 Å². The van der Waals surface area contributed by atoms with Crippen LogP contribution in [0.15, 0.2) is 88.3 Å². The minimum atomic E-state index is -0.774. The van der Waals surface area contributed by atoms with Crippen LogP contribution in [0.25, 0.3) is 6.08 Å². The van der Waals surface area contributed by atoms with E-state index in [-0.39, 0.29) is 25.6 Å². The first-order valence-electron chi connectivity index (χ1n) is 16.2. The number of carbonyl (C=O) groups excluding carboxylic acids is 1. The molecule has 0 amide bonds. The normalized spacial score (nSPS) is 15.1. The van der Waals surface area contributed by atoms with Gasteiger partial charge in [-0.3, -0.25) is 9.36 Å². The molecule has 9 nitrogen and oxygen atoms in total. The van der Waals surface area contributed by atoms with Gasteiger partial charge in [0.15, 0.2) is 27.8 Å². The third-order valence-corrected chi connectivity index (χ3v) is 9.40. The number of rotatable bonds is 13. The highest BCUT2D eigenvalue weighted by Crippen LogP contribution is 2.39. The largest absolute Gasteiger partial charge is 0.490 e. The molecule has 4 aromatic rings. The van der Waals surface area contributed by atoms with Crippen LogP contribution in [0.1, 0.15) is 61.9 Å². The second-order valence-electron chi connectivity index (χ2n) is 11.3. The van der Waals surface area contributed by atoms with Crippen LogP contribution in [-0.2, 0) is 22.6 Å². The molecule has 0 N–H and O–H groups in total. The zero-order valence-electron chi connectivity index (χ0n) is 27.6. The molecule has 1 atom stereocenters. The summed E-state index contributed by atoms with van der Waals surface area (Å²) in [6.07, 6.45) is 5.41. The summed E-state index contributed by atoms with van der Waals surface area (Å²) in [4.78, 5) is 33.3. The molecule has 6 rings (SSSR count). The number of benzene rings is 3. The van der Waals surface area contributed by atoms with Crippen molar-refractivity contribution >= 4 is 35.0 Å². The Morgan fingerprint density at radius 1 is 1.06 bits per heavy atom. The smallest absolute Gasteiger partial charge is 0.338 e. The molecule has 2 aliphatic heterocycles. The number of hydrogen-bond acceptors (Lipinski definition) is 9. The summed E-state index contributed by atoms with van der Waals surface area (Å²) in [6, 6.07) is 16.0. The van der Waals surface area contributed by atoms with Crippen molar-refractivity contribution in [2.24, 2.45) is 4.99 Å². The number of hydrogen-bond donors (Lipinski definition) is 0. The zero-order valence-corrected chi connectivity index (χ0v) is 29.2. The van der Waals surface area contributed by atoms with Gasteiger partial charge in [0.1, 0.15) is 6.61 Å². The highest BCUT2D eigenvalue weighted by Gasteiger charge is 2.35. The summed E-state index contributed by atoms with van der Waals surface area (Å²) in [7, 11) is 0. The molecule has 0 aliphatic carbocycles. The topological polar surface area (TPSA) is 97.6 Å². The standard InChI is InChI=1S/C38H37ClN2O7S/c1-5-11-25-17-23(18-31(44-7-3)35(25)46-21-26-13-9-10-14-27(26)39)19-32-36(42)41-34(24-15-16-29-30(20-24)48-22-47-29)33(37(43)45-8-4)28(12-6-2)40-38(41)49-32/h5,9-10,13-20,34H,1,6-8,11-12,21-22H2,2-4H3/b32-19+/t34-/m0/s1. The van der Waals surface area contributed by atoms with E-state index in [1.165, 1.54) is 11.3 Å². The Bertz CT molecular complexity index is 2120. The number of fused-ring (bicyclic) bond motifs is 2. The van der Waals surface area contributed by atoms with E-state index in [1.54, 1.807) is 23.6 Å². The molecule has 0 saturated heterocycles. The van der Waals surface area contributed by atoms with Gasteiger partial charge in [-0.2, -0.15) is 0 Å². The predicted molar refractivity (Wildman–Crippen MR) is 189 cm³/mol. The summed E-state index contributed by atoms with van der Waals surface area (Å²) in [6.45, 7) is 10.6. The van der Waals surface area contributed by atoms with Crippen LogP contribution in [0.5, 0.6) is 23.0 Å². The van der Waals surface area contributed by atoms with E-state index in [1.807, 2.05) is 68.5 Å². The Morgan fingerprint density at radius 2 is 1.88 bits per heavy atom. The van der Waals surface area contributed by atoms with Gasteiger partial charge < -0.3 is 23.7 Å². The first-order chi connectivity index (χ1) is 23.9. The second-order valence-corrected chi connectivity index (χ2v) is 12.8. The van der Waals surface area contributed by atoms with Crippen LogP contribution in [0.4, 0.5) is 0 Å². The summed E-state index contributed by atoms with van der Waals surface area (Å²) >= 11 is 7.67. The average Bonchev–Trinajstić information content (AvgIpc) is 3.68. The van der Waals surface area contributed by atoms with Crippen LogP contribution < -0.4 is 33.8 Å². The third-order valence-electron chi connectivity index (χ3n) is 8.05. The van der Waals surface area contributed by atoms with Gasteiger partial charge in [-0.1, -0.05) is 66.6 Å². The fourth-order valence-corrected chi connectivity index (χ4v) is 7.15. The van der Waals surface area contributed by atoms with Crippen LogP contribution in [0.3, 0.4) is 0 Å². The Hall–Kier alpha value is -4.80. The summed E-state index contributed by atoms with van der Waals surface area (Å²) in [5.41, 5.74) is 3.79. The molecule has 49 heavy (non-hydrogen) atoms. The van der Waals surface area contributed by atoms with Crippen molar-refractivity contribution in [1.29, 1.82) is 0 Å². The van der Waals surface area contributed by atoms with Crippen LogP contribution in [0.2, 0.25) is 5.02 Å². The first-order valence-corrected chi connectivity index (χ1v) is 17.4. The van der Waals surface area contributed by atoms with Gasteiger partial charge >= 0.3 is 5.97 Å². The molecule has 11 heteroatoms. The lowest BCUT2D eigenvalue weighted by molar-refractivity contribution is -0.139. The second kappa shape index (κ2) is 15.2. The van der Waals surface area contributed by atoms with Crippen molar-refractivity contribution in [3.8, 4) is 23.0 Å². The molecule has 254 valence electrons. The number of thiazole rings is 1. The lowest BCUT2D eigenvalue weighted by atomic mass is 9.94. The summed E-state index contributed by atoms with van der Waals surface area (Å²) in [5.74, 6) is 1.78. The summed E-state index contributed by atoms with van der Waals surface area (Å²) < 4.78 is 31.1. The monoisotopic (exact) mass is 700 g/mol. The average molecular weight is 701 g/mol. The molecule has 0 saturated carbocycles. The molecule has 1 aromatic heterocycles. The Morgan fingerprint density at radius 3 is 2.63 bits per heavy atom. The molecular formula is C38H37ClN2O7S. The van der Waals surface area contributed by atoms with E-state index in [0.29, 0.717) is 73.6 Å². The van der Waals surface area contributed by atoms with Crippen molar-refractivity contribution in [2.75, 3.05) is 20.0 Å². The van der Waals surface area contributed by atoms with E-state index < -0.39 is 12.0 Å². The minimum absolute atomic E-state index is 0.102. The molecule has 2 aliphatic rings. The molecular weight excluding hydrogens is 664 g/mol. The van der Waals surface area contributed by atoms with Crippen molar-refractivity contribution in [3.05, 3.63) is 125 Å². The van der Waals surface area contributed by atoms with Gasteiger partial charge in [-0.05, 0) is 74.2 Å². The molecule has 0 bridgehead atoms. The number of aromatic nitrogens is 1. The Labute approximate surface area is 293 Å². The Kier molecular flexibility index (Phi) is 10.6. The maximum Gasteiger partial charge on any atom is 0.338 e. The van der Waals surface area contributed by atoms with E-state index >= 15 is 0 Å². The van der Waals surface area contributed by atoms with Crippen molar-refractivity contribution in [1.82, 2.24) is 4.57 Å². The number of ether oxygens (including phenoxy) is 5. The summed E-state index contributed by atoms with van der Waals surface area (Å²) in [5, 5.41) is 0.616. The lowest BCUT2D eigenvalue weighted by Crippen LogP contribution is -2.40. The molecule has 0 radical (unpaired) electrons. The fraction of sp³-hybridized carbons (Fsp3) is 0.289. The van der Waals surface area contributed by atoms with Gasteiger partial charge in [0.05, 0.1) is 35.1 Å². The number of allylic oxidation sites excluding steroid dienone is 2. The molecule has 0 unspecified atom stereocenters. The maximum atomic E-state index is 14.4. The number of carbonyl (C=O) groups is 1. The van der Waals surface area contributed by atoms with E-state index in [0.717, 1.165) is 23.1 Å². The van der Waals surface area contributed by atoms with Crippen LogP contribution in [0, 0.1) is 0 Å². The molecule has 3 heterocycles. The van der Waals surface area contributed by atoms with Crippen LogP contribution in [-0.4, -0.2) is 30.5 Å². The fourth-order valence-electron chi connectivity index (χ4n) is 5.94. The lowest BCUT2D eigenvalue weighted by Gasteiger charge is -2.25. The van der Waals surface area contributed by atoms with Gasteiger partial charge in [-0.25, -0.2) is 9.79 Å². The van der Waals surface area contributed by atoms with Gasteiger partial charge in [0, 0.05) is 16.1 Å². The maximum absolute atomic E-state index is 14.4. The van der Waals surface area contributed by atoms with Crippen molar-refractivity contribution in [2.45, 2.75) is 52.7 Å². The van der Waals surface area contributed by atoms with Gasteiger partial charge in [0.2, 0.25) is 6.79 Å². The number of nitrogens with zero attached hydrogens (tertiary/aromatic N) is 2. The number of halogens is 1. The third kappa shape index (κ3) is 7.02. The minimum Gasteiger partial charge on any atom is -0.490 e. The predicted octanol–water partition coefficient (Wildman–Crippen LogP) is 6.67. The Balaban J connectivity index is 1.49. The van der Waals surface area contributed by atoms with Crippen molar-refractivity contribution in [3.63, 3.8) is 0 Å². The molecule has 0 fully saturated rings. The molecule has 0 spiro atoms. The molecule has 3 aromatic carbocycles. The van der Waals surface area contributed by atoms with E-state index in [2.05, 4.69) is 6.58 Å². The van der Waals surface area contributed by atoms with Crippen molar-refractivity contribution < 1.29 is 28.5 Å². The van der Waals surface area contributed by atoms with E-state index in [4.69, 9.17) is 40.3 Å². The SMILES string of the molecule is C=CCc1cc(/C=c2/sc3n(c2=O)[C@@H](c2ccc4c(c2)OCO4)C(C(=O)OCC)=C(CCC)N=3)cc(OCC)c1OCc1ccccc1Cl. The van der Waals surface area contributed by atoms with Crippen LogP contribution >= 0.6 is 22.9 Å². The number of esters is 1. The first kappa shape index (κ1) is 34.1. The zero-order chi connectivity index (χ0) is 34.5. The quantitative estimate of drug-likeness (QED) is 0.114. The van der Waals surface area contributed by atoms with Gasteiger partial charge in [0.25, 0.3) is 5.56 Å².